The summed E-state index contributed by atoms with van der Waals surface area (Å²) in [6.45, 7) is 12.3. The molecule has 1 aliphatic carbocycles. The van der Waals surface area contributed by atoms with Crippen LogP contribution in [0.2, 0.25) is 0 Å². The Morgan fingerprint density at radius 1 is 0.977 bits per heavy atom. The lowest BCUT2D eigenvalue weighted by Gasteiger charge is -2.18. The molecule has 0 unspecified atom stereocenters. The topological polar surface area (TPSA) is 91.9 Å². The standard InChI is InChI=1S/C36H34N2O4S/c1-6-7-8-12-23(2)26(5)37-27-17-19-29-32(21-27)42-33-22-28(38-36-24(3)13-11-14-25(36)4)18-20-30(33)35(29)31-15-9-10-16-34(31)43(39,40)41/h7-22,37H,5-6H2,1-4H3,(H,39,40,41)/b8-7-,23-12-,38-28?. The normalized spacial score (nSPS) is 12.9. The summed E-state index contributed by atoms with van der Waals surface area (Å²) in [6, 6.07) is 23.7. The molecule has 6 nitrogen and oxygen atoms in total. The van der Waals surface area contributed by atoms with Gasteiger partial charge in [0.25, 0.3) is 10.1 Å². The lowest BCUT2D eigenvalue weighted by Crippen LogP contribution is -2.05. The smallest absolute Gasteiger partial charge is 0.295 e. The van der Waals surface area contributed by atoms with Crippen LogP contribution in [0.4, 0.5) is 11.4 Å². The molecule has 1 heterocycles. The van der Waals surface area contributed by atoms with E-state index >= 15 is 0 Å². The largest absolute Gasteiger partial charge is 0.456 e. The van der Waals surface area contributed by atoms with Gasteiger partial charge in [-0.15, -0.1) is 0 Å². The number of nitrogens with zero attached hydrogens (tertiary/aromatic N) is 1. The molecule has 3 aromatic rings. The van der Waals surface area contributed by atoms with Crippen LogP contribution < -0.4 is 10.7 Å². The van der Waals surface area contributed by atoms with E-state index in [-0.39, 0.29) is 4.90 Å². The van der Waals surface area contributed by atoms with Crippen LogP contribution in [0.1, 0.15) is 31.4 Å². The fraction of sp³-hybridized carbons (Fsp3) is 0.139. The molecule has 0 amide bonds. The van der Waals surface area contributed by atoms with E-state index in [1.165, 1.54) is 6.07 Å². The maximum Gasteiger partial charge on any atom is 0.295 e. The number of fused-ring (bicyclic) bond motifs is 2. The third kappa shape index (κ3) is 6.38. The SMILES string of the molecule is C=C(Nc1ccc2c(-c3ccccc3S(=O)(=O)O)c3ccc(=Nc4c(C)cccc4C)cc-3oc2c1)/C(C)=C\C=C/CC. The maximum absolute atomic E-state index is 12.4. The fourth-order valence-corrected chi connectivity index (χ4v) is 5.75. The number of benzene rings is 4. The Morgan fingerprint density at radius 2 is 1.72 bits per heavy atom. The van der Waals surface area contributed by atoms with E-state index in [4.69, 9.17) is 9.41 Å². The van der Waals surface area contributed by atoms with Crippen LogP contribution in [0, 0.1) is 13.8 Å². The third-order valence-electron chi connectivity index (χ3n) is 7.31. The first-order chi connectivity index (χ1) is 20.6. The summed E-state index contributed by atoms with van der Waals surface area (Å²) in [5, 5.41) is 4.74. The second kappa shape index (κ2) is 12.3. The second-order valence-electron chi connectivity index (χ2n) is 10.5. The third-order valence-corrected chi connectivity index (χ3v) is 8.22. The van der Waals surface area contributed by atoms with E-state index in [2.05, 4.69) is 24.9 Å². The van der Waals surface area contributed by atoms with Crippen molar-refractivity contribution in [2.24, 2.45) is 4.99 Å². The predicted molar refractivity (Wildman–Crippen MR) is 175 cm³/mol. The van der Waals surface area contributed by atoms with E-state index in [0.29, 0.717) is 38.8 Å². The Balaban J connectivity index is 1.75. The molecule has 0 saturated carbocycles. The van der Waals surface area contributed by atoms with Crippen LogP contribution in [0.15, 0.2) is 129 Å². The van der Waals surface area contributed by atoms with Crippen molar-refractivity contribution in [3.8, 4) is 22.5 Å². The van der Waals surface area contributed by atoms with E-state index in [0.717, 1.165) is 40.2 Å². The van der Waals surface area contributed by atoms with Gasteiger partial charge in [0.2, 0.25) is 0 Å². The van der Waals surface area contributed by atoms with Crippen LogP contribution in [-0.4, -0.2) is 13.0 Å². The van der Waals surface area contributed by atoms with Crippen LogP contribution in [-0.2, 0) is 10.1 Å². The quantitative estimate of drug-likeness (QED) is 0.107. The highest BCUT2D eigenvalue weighted by molar-refractivity contribution is 7.86. The Labute approximate surface area is 252 Å². The molecule has 2 aliphatic rings. The Kier molecular flexibility index (Phi) is 8.48. The number of allylic oxidation sites excluding steroid dienone is 4. The minimum Gasteiger partial charge on any atom is -0.456 e. The summed E-state index contributed by atoms with van der Waals surface area (Å²) < 4.78 is 41.5. The molecule has 0 bridgehead atoms. The summed E-state index contributed by atoms with van der Waals surface area (Å²) in [4.78, 5) is 4.73. The van der Waals surface area contributed by atoms with Crippen molar-refractivity contribution < 1.29 is 17.4 Å². The van der Waals surface area contributed by atoms with E-state index in [1.807, 2.05) is 87.5 Å². The van der Waals surface area contributed by atoms with Crippen LogP contribution in [0.5, 0.6) is 0 Å². The van der Waals surface area contributed by atoms with E-state index in [1.54, 1.807) is 18.2 Å². The first kappa shape index (κ1) is 29.8. The summed E-state index contributed by atoms with van der Waals surface area (Å²) in [7, 11) is -4.51. The Bertz CT molecular complexity index is 2050. The molecule has 0 spiro atoms. The first-order valence-corrected chi connectivity index (χ1v) is 15.5. The minimum absolute atomic E-state index is 0.176. The van der Waals surface area contributed by atoms with Crippen LogP contribution >= 0.6 is 0 Å². The fourth-order valence-electron chi connectivity index (χ4n) is 5.05. The summed E-state index contributed by atoms with van der Waals surface area (Å²) in [5.74, 6) is 0.525. The van der Waals surface area contributed by atoms with Gasteiger partial charge in [0.1, 0.15) is 16.2 Å². The molecule has 0 aromatic heterocycles. The zero-order valence-corrected chi connectivity index (χ0v) is 25.5. The van der Waals surface area contributed by atoms with Crippen molar-refractivity contribution >= 4 is 32.5 Å². The number of para-hydroxylation sites is 1. The van der Waals surface area contributed by atoms with E-state index < -0.39 is 10.1 Å². The lowest BCUT2D eigenvalue weighted by atomic mass is 9.93. The lowest BCUT2D eigenvalue weighted by molar-refractivity contribution is 0.483. The summed E-state index contributed by atoms with van der Waals surface area (Å²) in [6.07, 6.45) is 7.03. The van der Waals surface area contributed by atoms with Gasteiger partial charge in [-0.3, -0.25) is 4.55 Å². The van der Waals surface area contributed by atoms with Gasteiger partial charge in [-0.1, -0.05) is 68.1 Å². The molecule has 0 fully saturated rings. The number of hydrogen-bond acceptors (Lipinski definition) is 5. The zero-order chi connectivity index (χ0) is 30.7. The number of hydrogen-bond donors (Lipinski definition) is 2. The number of aryl methyl sites for hydroxylation is 2. The molecular formula is C36H34N2O4S. The van der Waals surface area contributed by atoms with Gasteiger partial charge < -0.3 is 9.73 Å². The molecule has 1 aliphatic heterocycles. The first-order valence-electron chi connectivity index (χ1n) is 14.0. The van der Waals surface area contributed by atoms with E-state index in [9.17, 15) is 13.0 Å². The molecule has 0 saturated heterocycles. The molecule has 0 radical (unpaired) electrons. The highest BCUT2D eigenvalue weighted by atomic mass is 32.2. The molecule has 0 atom stereocenters. The van der Waals surface area contributed by atoms with Crippen molar-refractivity contribution in [3.05, 3.63) is 131 Å². The Hall–Kier alpha value is -4.72. The van der Waals surface area contributed by atoms with Crippen LogP contribution in [0.25, 0.3) is 33.4 Å². The molecule has 5 rings (SSSR count). The Morgan fingerprint density at radius 3 is 2.44 bits per heavy atom. The van der Waals surface area contributed by atoms with Gasteiger partial charge in [0.05, 0.1) is 11.0 Å². The highest BCUT2D eigenvalue weighted by Crippen LogP contribution is 2.42. The average molecular weight is 591 g/mol. The van der Waals surface area contributed by atoms with Crippen molar-refractivity contribution in [2.75, 3.05) is 5.32 Å². The van der Waals surface area contributed by atoms with Crippen molar-refractivity contribution in [1.29, 1.82) is 0 Å². The molecule has 3 aromatic carbocycles. The molecule has 218 valence electrons. The zero-order valence-electron chi connectivity index (χ0n) is 24.7. The number of rotatable bonds is 8. The predicted octanol–water partition coefficient (Wildman–Crippen LogP) is 9.14. The second-order valence-corrected chi connectivity index (χ2v) is 11.9. The molecule has 43 heavy (non-hydrogen) atoms. The van der Waals surface area contributed by atoms with Gasteiger partial charge in [0.15, 0.2) is 0 Å². The molecule has 7 heteroatoms. The summed E-state index contributed by atoms with van der Waals surface area (Å²) in [5.41, 5.74) is 7.73. The summed E-state index contributed by atoms with van der Waals surface area (Å²) >= 11 is 0. The monoisotopic (exact) mass is 590 g/mol. The molecule has 2 N–H and O–H groups in total. The van der Waals surface area contributed by atoms with Crippen molar-refractivity contribution in [1.82, 2.24) is 0 Å². The average Bonchev–Trinajstić information content (AvgIpc) is 2.97. The van der Waals surface area contributed by atoms with Gasteiger partial charge in [-0.2, -0.15) is 8.42 Å². The van der Waals surface area contributed by atoms with Crippen molar-refractivity contribution in [3.63, 3.8) is 0 Å². The minimum atomic E-state index is -4.51. The number of anilines is 1. The van der Waals surface area contributed by atoms with Gasteiger partial charge in [0, 0.05) is 45.6 Å². The van der Waals surface area contributed by atoms with Gasteiger partial charge in [-0.05, 0) is 74.2 Å². The van der Waals surface area contributed by atoms with Crippen molar-refractivity contribution in [2.45, 2.75) is 39.0 Å². The highest BCUT2D eigenvalue weighted by Gasteiger charge is 2.23. The number of nitrogens with one attached hydrogen (secondary N) is 1. The maximum atomic E-state index is 12.4. The van der Waals surface area contributed by atoms with Gasteiger partial charge in [-0.25, -0.2) is 4.99 Å². The van der Waals surface area contributed by atoms with Crippen LogP contribution in [0.3, 0.4) is 0 Å². The molecular weight excluding hydrogens is 556 g/mol. The van der Waals surface area contributed by atoms with Gasteiger partial charge >= 0.3 is 0 Å².